The van der Waals surface area contributed by atoms with Gasteiger partial charge in [0.2, 0.25) is 5.91 Å². The van der Waals surface area contributed by atoms with Gasteiger partial charge in [-0.1, -0.05) is 24.6 Å². The zero-order valence-electron chi connectivity index (χ0n) is 11.5. The Kier molecular flexibility index (Phi) is 3.31. The predicted octanol–water partition coefficient (Wildman–Crippen LogP) is 2.48. The molecule has 0 spiro atoms. The number of amides is 1. The van der Waals surface area contributed by atoms with Crippen molar-refractivity contribution in [3.8, 4) is 0 Å². The molecule has 0 bridgehead atoms. The normalized spacial score (nSPS) is 29.6. The van der Waals surface area contributed by atoms with Crippen molar-refractivity contribution in [3.05, 3.63) is 29.8 Å². The first-order valence-electron chi connectivity index (χ1n) is 7.32. The van der Waals surface area contributed by atoms with E-state index in [1.54, 1.807) is 0 Å². The van der Waals surface area contributed by atoms with Gasteiger partial charge in [0.1, 0.15) is 0 Å². The summed E-state index contributed by atoms with van der Waals surface area (Å²) in [6.45, 7) is 2.13. The SMILES string of the molecule is CC1Cc2ccccc2N1C(=O)C[C@@H]1CCC[C@H]1N. The van der Waals surface area contributed by atoms with Gasteiger partial charge in [-0.2, -0.15) is 0 Å². The van der Waals surface area contributed by atoms with Crippen molar-refractivity contribution in [1.82, 2.24) is 0 Å². The molecule has 1 unspecified atom stereocenters. The second-order valence-corrected chi connectivity index (χ2v) is 6.00. The predicted molar refractivity (Wildman–Crippen MR) is 77.0 cm³/mol. The third-order valence-corrected chi connectivity index (χ3v) is 4.63. The third kappa shape index (κ3) is 2.27. The van der Waals surface area contributed by atoms with Crippen LogP contribution in [0, 0.1) is 5.92 Å². The third-order valence-electron chi connectivity index (χ3n) is 4.63. The van der Waals surface area contributed by atoms with E-state index in [0.717, 1.165) is 24.9 Å². The van der Waals surface area contributed by atoms with Gasteiger partial charge in [0.15, 0.2) is 0 Å². The van der Waals surface area contributed by atoms with Crippen molar-refractivity contribution in [2.75, 3.05) is 4.90 Å². The van der Waals surface area contributed by atoms with Crippen LogP contribution in [0.4, 0.5) is 5.69 Å². The number of hydrogen-bond donors (Lipinski definition) is 1. The molecule has 1 amide bonds. The van der Waals surface area contributed by atoms with Crippen LogP contribution in [-0.2, 0) is 11.2 Å². The number of carbonyl (C=O) groups is 1. The maximum atomic E-state index is 12.6. The molecule has 1 fully saturated rings. The molecule has 1 heterocycles. The average Bonchev–Trinajstić information content (AvgIpc) is 2.92. The minimum Gasteiger partial charge on any atom is -0.327 e. The highest BCUT2D eigenvalue weighted by Gasteiger charge is 2.33. The minimum atomic E-state index is 0.220. The van der Waals surface area contributed by atoms with E-state index < -0.39 is 0 Å². The van der Waals surface area contributed by atoms with Crippen molar-refractivity contribution < 1.29 is 4.79 Å². The van der Waals surface area contributed by atoms with Gasteiger partial charge in [0.05, 0.1) is 0 Å². The Morgan fingerprint density at radius 3 is 2.89 bits per heavy atom. The summed E-state index contributed by atoms with van der Waals surface area (Å²) in [4.78, 5) is 14.6. The molecule has 2 aliphatic rings. The number of anilines is 1. The van der Waals surface area contributed by atoms with Crippen LogP contribution in [0.1, 0.15) is 38.2 Å². The van der Waals surface area contributed by atoms with Crippen LogP contribution in [0.15, 0.2) is 24.3 Å². The van der Waals surface area contributed by atoms with Crippen LogP contribution in [0.3, 0.4) is 0 Å². The van der Waals surface area contributed by atoms with Crippen molar-refractivity contribution in [2.24, 2.45) is 11.7 Å². The first-order valence-corrected chi connectivity index (χ1v) is 7.32. The van der Waals surface area contributed by atoms with Crippen molar-refractivity contribution in [3.63, 3.8) is 0 Å². The van der Waals surface area contributed by atoms with E-state index >= 15 is 0 Å². The molecule has 19 heavy (non-hydrogen) atoms. The summed E-state index contributed by atoms with van der Waals surface area (Å²) in [5.74, 6) is 0.632. The second kappa shape index (κ2) is 4.97. The smallest absolute Gasteiger partial charge is 0.227 e. The first-order chi connectivity index (χ1) is 9.16. The van der Waals surface area contributed by atoms with E-state index in [1.807, 2.05) is 17.0 Å². The summed E-state index contributed by atoms with van der Waals surface area (Å²) in [5, 5.41) is 0. The Labute approximate surface area is 114 Å². The van der Waals surface area contributed by atoms with Crippen molar-refractivity contribution >= 4 is 11.6 Å². The first kappa shape index (κ1) is 12.7. The van der Waals surface area contributed by atoms with Crippen LogP contribution >= 0.6 is 0 Å². The minimum absolute atomic E-state index is 0.220. The number of nitrogens with two attached hydrogens (primary N) is 1. The fourth-order valence-electron chi connectivity index (χ4n) is 3.59. The lowest BCUT2D eigenvalue weighted by atomic mass is 9.99. The van der Waals surface area contributed by atoms with Gasteiger partial charge in [0, 0.05) is 24.2 Å². The molecule has 1 aliphatic heterocycles. The number of para-hydroxylation sites is 1. The van der Waals surface area contributed by atoms with Gasteiger partial charge < -0.3 is 10.6 Å². The number of fused-ring (bicyclic) bond motifs is 1. The summed E-state index contributed by atoms with van der Waals surface area (Å²) in [6, 6.07) is 8.75. The average molecular weight is 258 g/mol. The maximum Gasteiger partial charge on any atom is 0.227 e. The van der Waals surface area contributed by atoms with Crippen molar-refractivity contribution in [1.29, 1.82) is 0 Å². The Bertz CT molecular complexity index is 485. The lowest BCUT2D eigenvalue weighted by molar-refractivity contribution is -0.119. The van der Waals surface area contributed by atoms with Crippen LogP contribution in [-0.4, -0.2) is 18.0 Å². The highest BCUT2D eigenvalue weighted by Crippen LogP contribution is 2.34. The van der Waals surface area contributed by atoms with Crippen LogP contribution in [0.5, 0.6) is 0 Å². The van der Waals surface area contributed by atoms with Crippen LogP contribution in [0.25, 0.3) is 0 Å². The lowest BCUT2D eigenvalue weighted by Gasteiger charge is -2.25. The number of nitrogens with zero attached hydrogens (tertiary/aromatic N) is 1. The summed E-state index contributed by atoms with van der Waals surface area (Å²) in [6.07, 6.45) is 4.94. The Balaban J connectivity index is 1.76. The van der Waals surface area contributed by atoms with Gasteiger partial charge in [-0.05, 0) is 43.7 Å². The van der Waals surface area contributed by atoms with Crippen LogP contribution in [0.2, 0.25) is 0 Å². The number of rotatable bonds is 2. The molecule has 2 N–H and O–H groups in total. The summed E-state index contributed by atoms with van der Waals surface area (Å²) < 4.78 is 0. The molecule has 0 aromatic heterocycles. The monoisotopic (exact) mass is 258 g/mol. The van der Waals surface area contributed by atoms with E-state index in [9.17, 15) is 4.79 Å². The molecular weight excluding hydrogens is 236 g/mol. The largest absolute Gasteiger partial charge is 0.327 e. The molecule has 3 nitrogen and oxygen atoms in total. The Morgan fingerprint density at radius 1 is 1.37 bits per heavy atom. The van der Waals surface area contributed by atoms with Gasteiger partial charge in [0.25, 0.3) is 0 Å². The highest BCUT2D eigenvalue weighted by atomic mass is 16.2. The van der Waals surface area contributed by atoms with E-state index in [-0.39, 0.29) is 18.0 Å². The molecule has 102 valence electrons. The molecule has 1 saturated carbocycles. The molecule has 0 radical (unpaired) electrons. The molecule has 1 aromatic carbocycles. The Morgan fingerprint density at radius 2 is 2.16 bits per heavy atom. The summed E-state index contributed by atoms with van der Waals surface area (Å²) in [7, 11) is 0. The summed E-state index contributed by atoms with van der Waals surface area (Å²) >= 11 is 0. The molecule has 1 aromatic rings. The second-order valence-electron chi connectivity index (χ2n) is 6.00. The zero-order valence-corrected chi connectivity index (χ0v) is 11.5. The van der Waals surface area contributed by atoms with Crippen molar-refractivity contribution in [2.45, 2.75) is 51.1 Å². The van der Waals surface area contributed by atoms with E-state index in [4.69, 9.17) is 5.73 Å². The molecule has 3 atom stereocenters. The summed E-state index contributed by atoms with van der Waals surface area (Å²) in [5.41, 5.74) is 8.48. The molecule has 1 aliphatic carbocycles. The number of hydrogen-bond acceptors (Lipinski definition) is 2. The molecule has 3 rings (SSSR count). The van der Waals surface area contributed by atoms with Crippen LogP contribution < -0.4 is 10.6 Å². The lowest BCUT2D eigenvalue weighted by Crippen LogP contribution is -2.38. The number of benzene rings is 1. The fraction of sp³-hybridized carbons (Fsp3) is 0.562. The zero-order chi connectivity index (χ0) is 13.4. The standard InChI is InChI=1S/C16H22N2O/c1-11-9-13-5-2-3-8-15(13)18(11)16(19)10-12-6-4-7-14(12)17/h2-3,5,8,11-12,14H,4,6-7,9-10,17H2,1H3/t11?,12-,14+/m0/s1. The maximum absolute atomic E-state index is 12.6. The fourth-order valence-corrected chi connectivity index (χ4v) is 3.59. The van der Waals surface area contributed by atoms with Gasteiger partial charge in [-0.25, -0.2) is 0 Å². The van der Waals surface area contributed by atoms with E-state index in [2.05, 4.69) is 19.1 Å². The highest BCUT2D eigenvalue weighted by molar-refractivity contribution is 5.96. The van der Waals surface area contributed by atoms with E-state index in [0.29, 0.717) is 12.3 Å². The van der Waals surface area contributed by atoms with E-state index in [1.165, 1.54) is 12.0 Å². The number of carbonyl (C=O) groups excluding carboxylic acids is 1. The Hall–Kier alpha value is -1.35. The molecular formula is C16H22N2O. The van der Waals surface area contributed by atoms with Gasteiger partial charge >= 0.3 is 0 Å². The molecule has 0 saturated heterocycles. The van der Waals surface area contributed by atoms with Gasteiger partial charge in [-0.3, -0.25) is 4.79 Å². The molecule has 3 heteroatoms. The topological polar surface area (TPSA) is 46.3 Å². The quantitative estimate of drug-likeness (QED) is 0.886. The van der Waals surface area contributed by atoms with Gasteiger partial charge in [-0.15, -0.1) is 0 Å².